The summed E-state index contributed by atoms with van der Waals surface area (Å²) in [6, 6.07) is 9.43. The number of carbonyl (C=O) groups excluding carboxylic acids is 1. The molecule has 1 amide bonds. The van der Waals surface area contributed by atoms with Crippen molar-refractivity contribution in [3.05, 3.63) is 45.8 Å². The van der Waals surface area contributed by atoms with E-state index in [2.05, 4.69) is 30.6 Å². The van der Waals surface area contributed by atoms with Gasteiger partial charge in [0.25, 0.3) is 5.91 Å². The fraction of sp³-hybridized carbons (Fsp3) is 0.409. The molecule has 7 heteroatoms. The Balaban J connectivity index is 1.67. The Kier molecular flexibility index (Phi) is 7.24. The van der Waals surface area contributed by atoms with Gasteiger partial charge in [-0.2, -0.15) is 5.26 Å². The van der Waals surface area contributed by atoms with Crippen LogP contribution < -0.4 is 15.4 Å². The first-order chi connectivity index (χ1) is 14.0. The monoisotopic (exact) mass is 427 g/mol. The molecule has 2 aromatic rings. The molecule has 29 heavy (non-hydrogen) atoms. The van der Waals surface area contributed by atoms with Crippen LogP contribution >= 0.6 is 23.6 Å². The quantitative estimate of drug-likeness (QED) is 0.631. The van der Waals surface area contributed by atoms with Crippen molar-refractivity contribution in [1.29, 1.82) is 5.26 Å². The van der Waals surface area contributed by atoms with Crippen molar-refractivity contribution >= 4 is 39.6 Å². The highest BCUT2D eigenvalue weighted by atomic mass is 32.1. The average Bonchev–Trinajstić information content (AvgIpc) is 3.04. The zero-order chi connectivity index (χ0) is 20.8. The predicted octanol–water partition coefficient (Wildman–Crippen LogP) is 5.05. The van der Waals surface area contributed by atoms with E-state index in [9.17, 15) is 10.1 Å². The van der Waals surface area contributed by atoms with Gasteiger partial charge in [-0.05, 0) is 67.9 Å². The molecule has 3 rings (SSSR count). The number of thiophene rings is 1. The summed E-state index contributed by atoms with van der Waals surface area (Å²) in [6.07, 6.45) is 5.09. The van der Waals surface area contributed by atoms with Gasteiger partial charge in [-0.3, -0.25) is 10.1 Å². The lowest BCUT2D eigenvalue weighted by molar-refractivity contribution is 0.0973. The van der Waals surface area contributed by atoms with Crippen LogP contribution in [0.4, 0.5) is 5.00 Å². The molecule has 1 aromatic heterocycles. The Hall–Kier alpha value is -2.43. The second-order valence-electron chi connectivity index (χ2n) is 7.46. The van der Waals surface area contributed by atoms with Crippen molar-refractivity contribution in [3.63, 3.8) is 0 Å². The summed E-state index contributed by atoms with van der Waals surface area (Å²) in [6.45, 7) is 4.81. The fourth-order valence-electron chi connectivity index (χ4n) is 3.26. The largest absolute Gasteiger partial charge is 0.493 e. The Bertz CT molecular complexity index is 944. The van der Waals surface area contributed by atoms with E-state index in [1.165, 1.54) is 4.88 Å². The number of ether oxygens (including phenoxy) is 1. The molecule has 5 nitrogen and oxygen atoms in total. The lowest BCUT2D eigenvalue weighted by atomic mass is 9.96. The van der Waals surface area contributed by atoms with Crippen LogP contribution in [-0.2, 0) is 12.8 Å². The second kappa shape index (κ2) is 9.86. The fourth-order valence-corrected chi connectivity index (χ4v) is 4.77. The molecule has 0 atom stereocenters. The van der Waals surface area contributed by atoms with Crippen LogP contribution in [0.5, 0.6) is 5.75 Å². The minimum atomic E-state index is -0.331. The first-order valence-electron chi connectivity index (χ1n) is 9.88. The maximum atomic E-state index is 12.7. The number of anilines is 1. The maximum Gasteiger partial charge on any atom is 0.261 e. The van der Waals surface area contributed by atoms with E-state index in [1.807, 2.05) is 6.07 Å². The minimum Gasteiger partial charge on any atom is -0.493 e. The number of thiocarbonyl (C=S) groups is 1. The Morgan fingerprint density at radius 1 is 1.31 bits per heavy atom. The van der Waals surface area contributed by atoms with E-state index < -0.39 is 0 Å². The summed E-state index contributed by atoms with van der Waals surface area (Å²) in [5.74, 6) is 0.735. The highest BCUT2D eigenvalue weighted by Gasteiger charge is 2.22. The van der Waals surface area contributed by atoms with Crippen LogP contribution in [0.15, 0.2) is 24.3 Å². The molecule has 0 saturated carbocycles. The van der Waals surface area contributed by atoms with E-state index in [0.717, 1.165) is 37.7 Å². The molecule has 0 spiro atoms. The number of aryl methyl sites for hydroxylation is 1. The zero-order valence-corrected chi connectivity index (χ0v) is 18.3. The van der Waals surface area contributed by atoms with Crippen molar-refractivity contribution in [3.8, 4) is 11.8 Å². The first kappa shape index (κ1) is 21.3. The molecule has 0 bridgehead atoms. The SMILES string of the molecule is CC(C)CCOc1ccccc1C(=O)NC(=S)Nc1sc2c(c1C#N)CCCC2. The number of para-hydroxylation sites is 1. The van der Waals surface area contributed by atoms with Crippen molar-refractivity contribution < 1.29 is 9.53 Å². The van der Waals surface area contributed by atoms with E-state index >= 15 is 0 Å². The van der Waals surface area contributed by atoms with Crippen LogP contribution in [-0.4, -0.2) is 17.6 Å². The molecule has 1 aliphatic carbocycles. The second-order valence-corrected chi connectivity index (χ2v) is 8.98. The van der Waals surface area contributed by atoms with Crippen LogP contribution in [0.3, 0.4) is 0 Å². The summed E-state index contributed by atoms with van der Waals surface area (Å²) in [5.41, 5.74) is 2.22. The summed E-state index contributed by atoms with van der Waals surface area (Å²) in [7, 11) is 0. The highest BCUT2D eigenvalue weighted by molar-refractivity contribution is 7.80. The lowest BCUT2D eigenvalue weighted by Crippen LogP contribution is -2.34. The molecule has 0 saturated heterocycles. The van der Waals surface area contributed by atoms with Crippen LogP contribution in [0.2, 0.25) is 0 Å². The van der Waals surface area contributed by atoms with Gasteiger partial charge in [0.05, 0.1) is 17.7 Å². The normalized spacial score (nSPS) is 12.8. The maximum absolute atomic E-state index is 12.7. The summed E-state index contributed by atoms with van der Waals surface area (Å²) < 4.78 is 5.80. The number of rotatable bonds is 6. The van der Waals surface area contributed by atoms with Gasteiger partial charge >= 0.3 is 0 Å². The topological polar surface area (TPSA) is 74.2 Å². The first-order valence-corrected chi connectivity index (χ1v) is 11.1. The van der Waals surface area contributed by atoms with Crippen LogP contribution in [0.25, 0.3) is 0 Å². The smallest absolute Gasteiger partial charge is 0.261 e. The van der Waals surface area contributed by atoms with Gasteiger partial charge in [0, 0.05) is 4.88 Å². The van der Waals surface area contributed by atoms with E-state index in [1.54, 1.807) is 29.5 Å². The van der Waals surface area contributed by atoms with Crippen LogP contribution in [0, 0.1) is 17.2 Å². The standard InChI is InChI=1S/C22H25N3O2S2/c1-14(2)11-12-27-18-9-5-3-8-16(18)20(26)24-22(28)25-21-17(13-23)15-7-4-6-10-19(15)29-21/h3,5,8-9,14H,4,6-7,10-12H2,1-2H3,(H2,24,25,26,28). The van der Waals surface area contributed by atoms with Gasteiger partial charge < -0.3 is 10.1 Å². The lowest BCUT2D eigenvalue weighted by Gasteiger charge is -2.13. The summed E-state index contributed by atoms with van der Waals surface area (Å²) >= 11 is 6.90. The van der Waals surface area contributed by atoms with E-state index in [4.69, 9.17) is 17.0 Å². The van der Waals surface area contributed by atoms with Crippen molar-refractivity contribution in [2.45, 2.75) is 46.0 Å². The zero-order valence-electron chi connectivity index (χ0n) is 16.7. The molecule has 1 aromatic carbocycles. The number of fused-ring (bicyclic) bond motifs is 1. The van der Waals surface area contributed by atoms with E-state index in [-0.39, 0.29) is 11.0 Å². The molecule has 0 unspecified atom stereocenters. The molecule has 1 aliphatic rings. The number of carbonyl (C=O) groups is 1. The van der Waals surface area contributed by atoms with Gasteiger partial charge in [-0.15, -0.1) is 11.3 Å². The van der Waals surface area contributed by atoms with Gasteiger partial charge in [0.2, 0.25) is 0 Å². The van der Waals surface area contributed by atoms with Crippen molar-refractivity contribution in [2.75, 3.05) is 11.9 Å². The Morgan fingerprint density at radius 3 is 2.83 bits per heavy atom. The van der Waals surface area contributed by atoms with Gasteiger partial charge in [0.1, 0.15) is 16.8 Å². The number of hydrogen-bond acceptors (Lipinski definition) is 5. The number of nitriles is 1. The molecule has 152 valence electrons. The van der Waals surface area contributed by atoms with Crippen molar-refractivity contribution in [1.82, 2.24) is 5.32 Å². The molecule has 2 N–H and O–H groups in total. The third-order valence-electron chi connectivity index (χ3n) is 4.82. The molecule has 0 radical (unpaired) electrons. The molecule has 1 heterocycles. The van der Waals surface area contributed by atoms with Crippen molar-refractivity contribution in [2.24, 2.45) is 5.92 Å². The Labute approximate surface area is 181 Å². The molecule has 0 aliphatic heterocycles. The predicted molar refractivity (Wildman–Crippen MR) is 121 cm³/mol. The Morgan fingerprint density at radius 2 is 2.07 bits per heavy atom. The number of hydrogen-bond donors (Lipinski definition) is 2. The van der Waals surface area contributed by atoms with E-state index in [0.29, 0.717) is 34.4 Å². The van der Waals surface area contributed by atoms with Crippen LogP contribution in [0.1, 0.15) is 59.5 Å². The molecule has 0 fully saturated rings. The summed E-state index contributed by atoms with van der Waals surface area (Å²) in [4.78, 5) is 14.0. The average molecular weight is 428 g/mol. The number of nitrogens with one attached hydrogen (secondary N) is 2. The summed E-state index contributed by atoms with van der Waals surface area (Å²) in [5, 5.41) is 16.2. The third-order valence-corrected chi connectivity index (χ3v) is 6.23. The van der Waals surface area contributed by atoms with Gasteiger partial charge in [-0.1, -0.05) is 26.0 Å². The molecular formula is C22H25N3O2S2. The minimum absolute atomic E-state index is 0.182. The van der Waals surface area contributed by atoms with Gasteiger partial charge in [0.15, 0.2) is 5.11 Å². The molecular weight excluding hydrogens is 402 g/mol. The third kappa shape index (κ3) is 5.34. The van der Waals surface area contributed by atoms with Gasteiger partial charge in [-0.25, -0.2) is 0 Å². The number of benzene rings is 1. The number of nitrogens with zero attached hydrogens (tertiary/aromatic N) is 1. The highest BCUT2D eigenvalue weighted by Crippen LogP contribution is 2.37. The number of amides is 1.